The van der Waals surface area contributed by atoms with E-state index in [9.17, 15) is 0 Å². The molecular formula is C49H41N4OS+. The fraction of sp³-hybridized carbons (Fsp3) is 0.143. The van der Waals surface area contributed by atoms with Gasteiger partial charge in [0.05, 0.1) is 15.7 Å². The summed E-state index contributed by atoms with van der Waals surface area (Å²) >= 11 is 1.85. The van der Waals surface area contributed by atoms with Crippen LogP contribution < -0.4 is 9.30 Å². The maximum atomic E-state index is 6.75. The highest BCUT2D eigenvalue weighted by Crippen LogP contribution is 2.44. The van der Waals surface area contributed by atoms with Crippen molar-refractivity contribution in [1.29, 1.82) is 0 Å². The third-order valence-electron chi connectivity index (χ3n) is 10.9. The predicted octanol–water partition coefficient (Wildman–Crippen LogP) is 12.8. The van der Waals surface area contributed by atoms with Crippen molar-refractivity contribution in [2.75, 3.05) is 0 Å². The molecule has 0 amide bonds. The van der Waals surface area contributed by atoms with Crippen LogP contribution in [0.1, 0.15) is 43.0 Å². The molecule has 0 unspecified atom stereocenters. The number of hydrogen-bond acceptors (Lipinski definition) is 3. The molecule has 55 heavy (non-hydrogen) atoms. The van der Waals surface area contributed by atoms with Gasteiger partial charge in [-0.25, -0.2) is 4.98 Å². The van der Waals surface area contributed by atoms with Crippen molar-refractivity contribution in [3.8, 4) is 28.7 Å². The number of thiophene rings is 1. The molecule has 5 nitrogen and oxygen atoms in total. The van der Waals surface area contributed by atoms with Gasteiger partial charge in [-0.15, -0.1) is 11.3 Å². The molecule has 0 atom stereocenters. The lowest BCUT2D eigenvalue weighted by Gasteiger charge is -2.20. The smallest absolute Gasteiger partial charge is 0.255 e. The average molecular weight is 734 g/mol. The van der Waals surface area contributed by atoms with Crippen LogP contribution in [-0.2, 0) is 5.41 Å². The van der Waals surface area contributed by atoms with Crippen LogP contribution in [0.3, 0.4) is 0 Å². The van der Waals surface area contributed by atoms with Crippen LogP contribution in [0.4, 0.5) is 0 Å². The van der Waals surface area contributed by atoms with E-state index >= 15 is 0 Å². The minimum Gasteiger partial charge on any atom is -0.457 e. The number of aromatic nitrogens is 4. The van der Waals surface area contributed by atoms with Gasteiger partial charge in [0.2, 0.25) is 0 Å². The normalized spacial score (nSPS) is 12.2. The molecule has 0 N–H and O–H groups in total. The average Bonchev–Trinajstić information content (AvgIpc) is 3.84. The Morgan fingerprint density at radius 1 is 0.655 bits per heavy atom. The molecule has 0 bridgehead atoms. The van der Waals surface area contributed by atoms with Gasteiger partial charge in [0, 0.05) is 44.6 Å². The van der Waals surface area contributed by atoms with E-state index in [0.717, 1.165) is 39.6 Å². The molecule has 0 aliphatic carbocycles. The van der Waals surface area contributed by atoms with E-state index < -0.39 is 0 Å². The summed E-state index contributed by atoms with van der Waals surface area (Å²) in [4.78, 5) is 5.00. The largest absolute Gasteiger partial charge is 0.457 e. The number of ether oxygens (including phenoxy) is 1. The van der Waals surface area contributed by atoms with Gasteiger partial charge in [-0.05, 0) is 97.5 Å². The summed E-state index contributed by atoms with van der Waals surface area (Å²) in [5.41, 5.74) is 11.8. The van der Waals surface area contributed by atoms with Crippen LogP contribution in [0.5, 0.6) is 11.5 Å². The summed E-state index contributed by atoms with van der Waals surface area (Å²) in [7, 11) is 0. The summed E-state index contributed by atoms with van der Waals surface area (Å²) in [6.45, 7) is 13.3. The molecule has 4 aromatic heterocycles. The molecule has 0 radical (unpaired) electrons. The third kappa shape index (κ3) is 5.43. The van der Waals surface area contributed by atoms with Gasteiger partial charge in [0.1, 0.15) is 28.7 Å². The van der Waals surface area contributed by atoms with Gasteiger partial charge in [0.15, 0.2) is 11.0 Å². The van der Waals surface area contributed by atoms with E-state index in [0.29, 0.717) is 0 Å². The number of rotatable bonds is 5. The Kier molecular flexibility index (Phi) is 7.52. The fourth-order valence-corrected chi connectivity index (χ4v) is 9.69. The molecule has 0 saturated heterocycles. The first kappa shape index (κ1) is 33.3. The van der Waals surface area contributed by atoms with Gasteiger partial charge >= 0.3 is 0 Å². The Balaban J connectivity index is 1.12. The molecular weight excluding hydrogens is 693 g/mol. The lowest BCUT2D eigenvalue weighted by atomic mass is 9.88. The zero-order valence-corrected chi connectivity index (χ0v) is 32.7. The number of benzene rings is 6. The van der Waals surface area contributed by atoms with Gasteiger partial charge in [-0.2, -0.15) is 9.13 Å². The number of nitrogens with zero attached hydrogens (tertiary/aromatic N) is 4. The van der Waals surface area contributed by atoms with Crippen LogP contribution in [0.2, 0.25) is 0 Å². The minimum absolute atomic E-state index is 0.0230. The van der Waals surface area contributed by atoms with Gasteiger partial charge in [-0.3, -0.25) is 4.57 Å². The highest BCUT2D eigenvalue weighted by molar-refractivity contribution is 7.26. The van der Waals surface area contributed by atoms with Crippen molar-refractivity contribution in [3.05, 3.63) is 162 Å². The third-order valence-corrected chi connectivity index (χ3v) is 12.1. The Morgan fingerprint density at radius 2 is 1.40 bits per heavy atom. The summed E-state index contributed by atoms with van der Waals surface area (Å²) in [5.74, 6) is 2.45. The van der Waals surface area contributed by atoms with Crippen LogP contribution in [0, 0.1) is 20.8 Å². The second-order valence-corrected chi connectivity index (χ2v) is 16.8. The maximum absolute atomic E-state index is 6.75. The van der Waals surface area contributed by atoms with Crippen LogP contribution in [0.25, 0.3) is 70.2 Å². The molecule has 0 aliphatic heterocycles. The summed E-state index contributed by atoms with van der Waals surface area (Å²) in [6, 6.07) is 45.6. The van der Waals surface area contributed by atoms with E-state index in [1.807, 2.05) is 23.6 Å². The van der Waals surface area contributed by atoms with Gasteiger partial charge < -0.3 is 4.74 Å². The number of pyridine rings is 1. The summed E-state index contributed by atoms with van der Waals surface area (Å²) in [5, 5.41) is 4.93. The molecule has 0 saturated carbocycles. The standard InChI is InChI=1S/C49H41N4OS/c1-30-24-31(2)46(32(3)25-30)52-29-51(41-15-8-9-16-42(41)52)34-12-11-13-35(27-34)54-36-18-19-37-39-20-21-40-38-14-7-10-17-44(38)55-48(40)47(39)53(43(37)28-36)45-26-33(22-23-50-45)49(4,5)6/h7-29H,1-6H3/q+1. The van der Waals surface area contributed by atoms with Gasteiger partial charge in [-0.1, -0.05) is 87.0 Å². The first-order valence-corrected chi connectivity index (χ1v) is 19.7. The predicted molar refractivity (Wildman–Crippen MR) is 229 cm³/mol. The number of fused-ring (bicyclic) bond motifs is 8. The molecule has 6 heteroatoms. The van der Waals surface area contributed by atoms with Crippen molar-refractivity contribution in [2.24, 2.45) is 0 Å². The van der Waals surface area contributed by atoms with Crippen LogP contribution >= 0.6 is 11.3 Å². The number of imidazole rings is 1. The quantitative estimate of drug-likeness (QED) is 0.165. The zero-order valence-electron chi connectivity index (χ0n) is 31.9. The Hall–Kier alpha value is -6.24. The highest BCUT2D eigenvalue weighted by Gasteiger charge is 2.23. The van der Waals surface area contributed by atoms with Crippen LogP contribution in [0.15, 0.2) is 140 Å². The zero-order chi connectivity index (χ0) is 37.6. The second kappa shape index (κ2) is 12.4. The molecule has 0 spiro atoms. The molecule has 268 valence electrons. The first-order chi connectivity index (χ1) is 26.6. The Labute approximate surface area is 324 Å². The molecule has 0 aliphatic rings. The van der Waals surface area contributed by atoms with Crippen molar-refractivity contribution in [1.82, 2.24) is 14.1 Å². The Bertz CT molecular complexity index is 3130. The fourth-order valence-electron chi connectivity index (χ4n) is 8.45. The SMILES string of the molecule is Cc1cc(C)c(-[n+]2cn(-c3cccc(Oc4ccc5c6ccc7c8ccccc8sc7c6n(-c6cc(C(C)(C)C)ccn6)c5c4)c3)c3ccccc32)c(C)c1. The number of para-hydroxylation sites is 2. The minimum atomic E-state index is -0.0230. The maximum Gasteiger partial charge on any atom is 0.255 e. The van der Waals surface area contributed by atoms with Crippen molar-refractivity contribution in [2.45, 2.75) is 47.0 Å². The molecule has 6 aromatic carbocycles. The molecule has 0 fully saturated rings. The summed E-state index contributed by atoms with van der Waals surface area (Å²) in [6.07, 6.45) is 4.15. The van der Waals surface area contributed by atoms with Crippen molar-refractivity contribution < 1.29 is 9.30 Å². The highest BCUT2D eigenvalue weighted by atomic mass is 32.1. The van der Waals surface area contributed by atoms with Crippen molar-refractivity contribution >= 4 is 64.3 Å². The first-order valence-electron chi connectivity index (χ1n) is 18.9. The van der Waals surface area contributed by atoms with E-state index in [-0.39, 0.29) is 5.41 Å². The van der Waals surface area contributed by atoms with Gasteiger partial charge in [0.25, 0.3) is 6.33 Å². The van der Waals surface area contributed by atoms with Crippen LogP contribution in [-0.4, -0.2) is 14.1 Å². The number of hydrogen-bond donors (Lipinski definition) is 0. The lowest BCUT2D eigenvalue weighted by molar-refractivity contribution is -0.568. The molecule has 10 rings (SSSR count). The molecule has 10 aromatic rings. The topological polar surface area (TPSA) is 35.9 Å². The number of aryl methyl sites for hydroxylation is 3. The second-order valence-electron chi connectivity index (χ2n) is 15.8. The Morgan fingerprint density at radius 3 is 2.24 bits per heavy atom. The van der Waals surface area contributed by atoms with Crippen molar-refractivity contribution in [3.63, 3.8) is 0 Å². The summed E-state index contributed by atoms with van der Waals surface area (Å²) < 4.78 is 16.2. The lowest BCUT2D eigenvalue weighted by Crippen LogP contribution is -2.31. The van der Waals surface area contributed by atoms with E-state index in [4.69, 9.17) is 9.72 Å². The monoisotopic (exact) mass is 733 g/mol. The van der Waals surface area contributed by atoms with E-state index in [1.165, 1.54) is 64.4 Å². The van der Waals surface area contributed by atoms with E-state index in [2.05, 4.69) is 183 Å². The van der Waals surface area contributed by atoms with E-state index in [1.54, 1.807) is 0 Å². The molecule has 4 heterocycles.